The van der Waals surface area contributed by atoms with Crippen molar-refractivity contribution >= 4 is 23.8 Å². The first-order valence-corrected chi connectivity index (χ1v) is 10.4. The van der Waals surface area contributed by atoms with Crippen LogP contribution in [0.25, 0.3) is 0 Å². The number of para-hydroxylation sites is 1. The minimum absolute atomic E-state index is 0.357. The third-order valence-electron chi connectivity index (χ3n) is 4.63. The summed E-state index contributed by atoms with van der Waals surface area (Å²) >= 11 is 0. The molecule has 2 heteroatoms. The largest absolute Gasteiger partial charge is 0.508 e. The van der Waals surface area contributed by atoms with E-state index in [1.54, 1.807) is 6.07 Å². The van der Waals surface area contributed by atoms with Crippen molar-refractivity contribution < 1.29 is 5.11 Å². The van der Waals surface area contributed by atoms with Gasteiger partial charge in [-0.15, -0.1) is 0 Å². The molecule has 0 saturated carbocycles. The van der Waals surface area contributed by atoms with Crippen LogP contribution >= 0.6 is 7.92 Å². The van der Waals surface area contributed by atoms with Gasteiger partial charge in [0.2, 0.25) is 0 Å². The zero-order chi connectivity index (χ0) is 18.5. The molecule has 27 heavy (non-hydrogen) atoms. The van der Waals surface area contributed by atoms with Crippen LogP contribution in [0.1, 0.15) is 11.1 Å². The fourth-order valence-electron chi connectivity index (χ4n) is 3.33. The molecule has 0 heterocycles. The number of hydrogen-bond donors (Lipinski definition) is 1. The van der Waals surface area contributed by atoms with Gasteiger partial charge in [-0.3, -0.25) is 0 Å². The third-order valence-corrected chi connectivity index (χ3v) is 7.18. The van der Waals surface area contributed by atoms with Crippen molar-refractivity contribution in [3.63, 3.8) is 0 Å². The first-order valence-electron chi connectivity index (χ1n) is 9.08. The molecule has 0 aromatic heterocycles. The maximum atomic E-state index is 10.2. The Balaban J connectivity index is 1.83. The summed E-state index contributed by atoms with van der Waals surface area (Å²) in [4.78, 5) is 0. The van der Waals surface area contributed by atoms with E-state index in [0.717, 1.165) is 12.0 Å². The summed E-state index contributed by atoms with van der Waals surface area (Å²) in [7, 11) is -0.654. The molecule has 0 aliphatic rings. The second kappa shape index (κ2) is 8.20. The zero-order valence-corrected chi connectivity index (χ0v) is 15.9. The average Bonchev–Trinajstić information content (AvgIpc) is 2.73. The Bertz CT molecular complexity index is 973. The normalized spacial score (nSPS) is 10.9. The minimum Gasteiger partial charge on any atom is -0.508 e. The Hall–Kier alpha value is -2.89. The van der Waals surface area contributed by atoms with E-state index in [9.17, 15) is 5.11 Å². The Kier molecular flexibility index (Phi) is 5.32. The average molecular weight is 368 g/mol. The summed E-state index contributed by atoms with van der Waals surface area (Å²) < 4.78 is 0. The highest BCUT2D eigenvalue weighted by atomic mass is 31.1. The summed E-state index contributed by atoms with van der Waals surface area (Å²) in [6.07, 6.45) is 0.724. The summed E-state index contributed by atoms with van der Waals surface area (Å²) in [6.45, 7) is 0. The molecular formula is C25H21OP. The van der Waals surface area contributed by atoms with E-state index < -0.39 is 7.92 Å². The molecule has 0 bridgehead atoms. The lowest BCUT2D eigenvalue weighted by Gasteiger charge is -2.22. The standard InChI is InChI=1S/C25H21OP/c26-24-17-9-7-11-20(24)19-21-12-8-10-18-25(21)27(22-13-3-1-4-14-22)23-15-5-2-6-16-23/h1-18,26H,19H2. The Morgan fingerprint density at radius 3 is 1.59 bits per heavy atom. The quantitative estimate of drug-likeness (QED) is 0.505. The molecule has 0 fully saturated rings. The molecule has 0 atom stereocenters. The van der Waals surface area contributed by atoms with Gasteiger partial charge in [0.25, 0.3) is 0 Å². The van der Waals surface area contributed by atoms with Gasteiger partial charge in [0.15, 0.2) is 0 Å². The van der Waals surface area contributed by atoms with E-state index in [2.05, 4.69) is 84.9 Å². The van der Waals surface area contributed by atoms with Gasteiger partial charge < -0.3 is 5.11 Å². The van der Waals surface area contributed by atoms with Crippen molar-refractivity contribution in [2.45, 2.75) is 6.42 Å². The smallest absolute Gasteiger partial charge is 0.119 e. The van der Waals surface area contributed by atoms with Crippen LogP contribution in [0.3, 0.4) is 0 Å². The first-order chi connectivity index (χ1) is 13.3. The number of rotatable bonds is 5. The van der Waals surface area contributed by atoms with Crippen LogP contribution < -0.4 is 15.9 Å². The van der Waals surface area contributed by atoms with Crippen LogP contribution in [0.2, 0.25) is 0 Å². The Labute approximate surface area is 161 Å². The Morgan fingerprint density at radius 2 is 1.00 bits per heavy atom. The maximum absolute atomic E-state index is 10.2. The number of aromatic hydroxyl groups is 1. The van der Waals surface area contributed by atoms with E-state index in [4.69, 9.17) is 0 Å². The van der Waals surface area contributed by atoms with Gasteiger partial charge in [-0.05, 0) is 41.0 Å². The molecule has 132 valence electrons. The summed E-state index contributed by atoms with van der Waals surface area (Å²) in [5, 5.41) is 14.3. The van der Waals surface area contributed by atoms with Crippen molar-refractivity contribution in [2.24, 2.45) is 0 Å². The van der Waals surface area contributed by atoms with Crippen LogP contribution in [0.4, 0.5) is 0 Å². The molecule has 0 unspecified atom stereocenters. The van der Waals surface area contributed by atoms with E-state index in [0.29, 0.717) is 5.75 Å². The molecule has 4 aromatic carbocycles. The summed E-state index contributed by atoms with van der Waals surface area (Å²) in [6, 6.07) is 37.7. The van der Waals surface area contributed by atoms with Gasteiger partial charge >= 0.3 is 0 Å². The van der Waals surface area contributed by atoms with Gasteiger partial charge in [-0.2, -0.15) is 0 Å². The molecular weight excluding hydrogens is 347 g/mol. The lowest BCUT2D eigenvalue weighted by molar-refractivity contribution is 0.469. The lowest BCUT2D eigenvalue weighted by Crippen LogP contribution is -2.23. The molecule has 1 nitrogen and oxygen atoms in total. The highest BCUT2D eigenvalue weighted by Gasteiger charge is 2.19. The van der Waals surface area contributed by atoms with E-state index in [1.165, 1.54) is 21.5 Å². The highest BCUT2D eigenvalue weighted by molar-refractivity contribution is 7.79. The summed E-state index contributed by atoms with van der Waals surface area (Å²) in [5.41, 5.74) is 2.22. The molecule has 4 aromatic rings. The van der Waals surface area contributed by atoms with Crippen LogP contribution in [0.5, 0.6) is 5.75 Å². The molecule has 0 saturated heterocycles. The topological polar surface area (TPSA) is 20.2 Å². The maximum Gasteiger partial charge on any atom is 0.119 e. The van der Waals surface area contributed by atoms with E-state index in [1.807, 2.05) is 18.2 Å². The second-order valence-corrected chi connectivity index (χ2v) is 8.63. The number of benzene rings is 4. The number of hydrogen-bond acceptors (Lipinski definition) is 1. The fourth-order valence-corrected chi connectivity index (χ4v) is 5.80. The van der Waals surface area contributed by atoms with E-state index >= 15 is 0 Å². The molecule has 0 amide bonds. The van der Waals surface area contributed by atoms with Crippen LogP contribution in [0.15, 0.2) is 109 Å². The number of phenolic OH excluding ortho intramolecular Hbond substituents is 1. The lowest BCUT2D eigenvalue weighted by atomic mass is 10.0. The summed E-state index contributed by atoms with van der Waals surface area (Å²) in [5.74, 6) is 0.357. The van der Waals surface area contributed by atoms with Crippen LogP contribution in [0, 0.1) is 0 Å². The molecule has 0 spiro atoms. The van der Waals surface area contributed by atoms with Crippen molar-refractivity contribution in [2.75, 3.05) is 0 Å². The van der Waals surface area contributed by atoms with Gasteiger partial charge in [-0.1, -0.05) is 103 Å². The van der Waals surface area contributed by atoms with Crippen LogP contribution in [-0.4, -0.2) is 5.11 Å². The molecule has 0 aliphatic heterocycles. The van der Waals surface area contributed by atoms with Gasteiger partial charge in [0.1, 0.15) is 5.75 Å². The van der Waals surface area contributed by atoms with Crippen molar-refractivity contribution in [3.8, 4) is 5.75 Å². The van der Waals surface area contributed by atoms with Crippen LogP contribution in [-0.2, 0) is 6.42 Å². The first kappa shape index (κ1) is 17.5. The molecule has 1 N–H and O–H groups in total. The molecule has 0 radical (unpaired) electrons. The number of phenols is 1. The fraction of sp³-hybridized carbons (Fsp3) is 0.0400. The Morgan fingerprint density at radius 1 is 0.519 bits per heavy atom. The second-order valence-electron chi connectivity index (χ2n) is 6.44. The van der Waals surface area contributed by atoms with Crippen molar-refractivity contribution in [1.82, 2.24) is 0 Å². The SMILES string of the molecule is Oc1ccccc1Cc1ccccc1P(c1ccccc1)c1ccccc1. The van der Waals surface area contributed by atoms with Gasteiger partial charge in [0.05, 0.1) is 0 Å². The van der Waals surface area contributed by atoms with Crippen molar-refractivity contribution in [1.29, 1.82) is 0 Å². The van der Waals surface area contributed by atoms with Crippen molar-refractivity contribution in [3.05, 3.63) is 120 Å². The predicted octanol–water partition coefficient (Wildman–Crippen LogP) is 4.74. The van der Waals surface area contributed by atoms with E-state index in [-0.39, 0.29) is 0 Å². The minimum atomic E-state index is -0.654. The third kappa shape index (κ3) is 3.94. The predicted molar refractivity (Wildman–Crippen MR) is 116 cm³/mol. The molecule has 4 rings (SSSR count). The van der Waals surface area contributed by atoms with Gasteiger partial charge in [0, 0.05) is 6.42 Å². The highest BCUT2D eigenvalue weighted by Crippen LogP contribution is 2.35. The zero-order valence-electron chi connectivity index (χ0n) is 15.0. The molecule has 0 aliphatic carbocycles. The monoisotopic (exact) mass is 368 g/mol. The van der Waals surface area contributed by atoms with Gasteiger partial charge in [-0.25, -0.2) is 0 Å².